The van der Waals surface area contributed by atoms with E-state index in [4.69, 9.17) is 4.74 Å². The summed E-state index contributed by atoms with van der Waals surface area (Å²) in [5.74, 6) is -0.0411. The van der Waals surface area contributed by atoms with Gasteiger partial charge in [-0.15, -0.1) is 0 Å². The van der Waals surface area contributed by atoms with Crippen LogP contribution < -0.4 is 15.0 Å². The van der Waals surface area contributed by atoms with Gasteiger partial charge >= 0.3 is 0 Å². The Morgan fingerprint density at radius 1 is 1.35 bits per heavy atom. The summed E-state index contributed by atoms with van der Waals surface area (Å²) in [5.41, 5.74) is 1.08. The van der Waals surface area contributed by atoms with E-state index in [-0.39, 0.29) is 17.5 Å². The summed E-state index contributed by atoms with van der Waals surface area (Å²) >= 11 is 4.78. The lowest BCUT2D eigenvalue weighted by Gasteiger charge is -2.37. The molecule has 26 heavy (non-hydrogen) atoms. The van der Waals surface area contributed by atoms with E-state index in [0.29, 0.717) is 17.6 Å². The quantitative estimate of drug-likeness (QED) is 0.664. The fraction of sp³-hybridized carbons (Fsp3) is 0.222. The predicted molar refractivity (Wildman–Crippen MR) is 105 cm³/mol. The van der Waals surface area contributed by atoms with Crippen LogP contribution in [0.25, 0.3) is 10.2 Å². The monoisotopic (exact) mass is 435 g/mol. The predicted octanol–water partition coefficient (Wildman–Crippen LogP) is 4.28. The van der Waals surface area contributed by atoms with Crippen LogP contribution in [0.5, 0.6) is 5.75 Å². The first-order valence-electron chi connectivity index (χ1n) is 7.99. The van der Waals surface area contributed by atoms with Gasteiger partial charge in [-0.3, -0.25) is 4.79 Å². The topological polar surface area (TPSA) is 54.5 Å². The van der Waals surface area contributed by atoms with Gasteiger partial charge in [0.2, 0.25) is 5.91 Å². The number of hydrogen-bond donors (Lipinski definition) is 1. The molecular weight excluding hydrogens is 421 g/mol. The first kappa shape index (κ1) is 17.2. The maximum absolute atomic E-state index is 13.8. The van der Waals surface area contributed by atoms with E-state index in [1.54, 1.807) is 30.6 Å². The summed E-state index contributed by atoms with van der Waals surface area (Å²) in [5, 5.41) is 3.54. The molecule has 0 atom stereocenters. The molecule has 1 saturated heterocycles. The van der Waals surface area contributed by atoms with E-state index >= 15 is 0 Å². The second-order valence-electron chi connectivity index (χ2n) is 6.05. The molecule has 1 N–H and O–H groups in total. The minimum Gasteiger partial charge on any atom is -0.497 e. The zero-order valence-corrected chi connectivity index (χ0v) is 16.2. The van der Waals surface area contributed by atoms with Gasteiger partial charge in [0.1, 0.15) is 11.6 Å². The summed E-state index contributed by atoms with van der Waals surface area (Å²) in [6.07, 6.45) is 0. The second-order valence-corrected chi connectivity index (χ2v) is 7.97. The third-order valence-electron chi connectivity index (χ3n) is 4.30. The number of thiazole rings is 1. The standard InChI is InChI=1S/C18H15BrFN3O2S/c1-25-12-3-5-16-15(7-12)22-18(26-16)23-8-10(9-23)17(24)21-14-4-2-11(19)6-13(14)20/h2-7,10H,8-9H2,1H3,(H,21,24). The van der Waals surface area contributed by atoms with Gasteiger partial charge in [0.25, 0.3) is 0 Å². The Morgan fingerprint density at radius 3 is 2.88 bits per heavy atom. The average Bonchev–Trinajstić information content (AvgIpc) is 2.98. The van der Waals surface area contributed by atoms with E-state index in [0.717, 1.165) is 21.1 Å². The molecule has 3 aromatic rings. The number of aromatic nitrogens is 1. The summed E-state index contributed by atoms with van der Waals surface area (Å²) in [6.45, 7) is 1.14. The van der Waals surface area contributed by atoms with Crippen molar-refractivity contribution < 1.29 is 13.9 Å². The summed E-state index contributed by atoms with van der Waals surface area (Å²) in [7, 11) is 1.63. The van der Waals surface area contributed by atoms with Gasteiger partial charge in [0.15, 0.2) is 5.13 Å². The van der Waals surface area contributed by atoms with Crippen LogP contribution in [0.2, 0.25) is 0 Å². The molecular formula is C18H15BrFN3O2S. The van der Waals surface area contributed by atoms with Crippen LogP contribution in [0.4, 0.5) is 15.2 Å². The first-order valence-corrected chi connectivity index (χ1v) is 9.60. The number of benzene rings is 2. The number of hydrogen-bond acceptors (Lipinski definition) is 5. The molecule has 0 aliphatic carbocycles. The molecule has 0 saturated carbocycles. The van der Waals surface area contributed by atoms with Crippen molar-refractivity contribution >= 4 is 54.2 Å². The number of nitrogens with zero attached hydrogens (tertiary/aromatic N) is 2. The van der Waals surface area contributed by atoms with Gasteiger partial charge in [-0.1, -0.05) is 27.3 Å². The van der Waals surface area contributed by atoms with Crippen LogP contribution in [0.15, 0.2) is 40.9 Å². The lowest BCUT2D eigenvalue weighted by atomic mass is 10.00. The van der Waals surface area contributed by atoms with E-state index in [9.17, 15) is 9.18 Å². The molecule has 0 bridgehead atoms. The third-order valence-corrected chi connectivity index (χ3v) is 5.89. The van der Waals surface area contributed by atoms with Crippen LogP contribution in [0, 0.1) is 11.7 Å². The number of carbonyl (C=O) groups is 1. The highest BCUT2D eigenvalue weighted by molar-refractivity contribution is 9.10. The van der Waals surface area contributed by atoms with Crippen molar-refractivity contribution in [2.75, 3.05) is 30.4 Å². The Morgan fingerprint density at radius 2 is 2.15 bits per heavy atom. The average molecular weight is 436 g/mol. The van der Waals surface area contributed by atoms with Gasteiger partial charge in [0.05, 0.1) is 28.9 Å². The van der Waals surface area contributed by atoms with Crippen molar-refractivity contribution in [3.05, 3.63) is 46.7 Å². The molecule has 1 aromatic heterocycles. The smallest absolute Gasteiger partial charge is 0.231 e. The van der Waals surface area contributed by atoms with Crippen molar-refractivity contribution in [2.24, 2.45) is 5.92 Å². The Bertz CT molecular complexity index is 988. The summed E-state index contributed by atoms with van der Waals surface area (Å²) in [6, 6.07) is 10.4. The second kappa shape index (κ2) is 6.85. The minimum atomic E-state index is -0.455. The number of ether oxygens (including phenoxy) is 1. The van der Waals surface area contributed by atoms with Crippen LogP contribution in [-0.4, -0.2) is 31.1 Å². The highest BCUT2D eigenvalue weighted by Crippen LogP contribution is 2.34. The van der Waals surface area contributed by atoms with Crippen LogP contribution in [0.3, 0.4) is 0 Å². The summed E-state index contributed by atoms with van der Waals surface area (Å²) in [4.78, 5) is 19.0. The Labute approximate surface area is 161 Å². The highest BCUT2D eigenvalue weighted by atomic mass is 79.9. The molecule has 1 fully saturated rings. The van der Waals surface area contributed by atoms with Gasteiger partial charge in [-0.25, -0.2) is 9.37 Å². The van der Waals surface area contributed by atoms with Gasteiger partial charge < -0.3 is 15.0 Å². The van der Waals surface area contributed by atoms with Crippen molar-refractivity contribution in [2.45, 2.75) is 0 Å². The van der Waals surface area contributed by atoms with E-state index in [1.807, 2.05) is 18.2 Å². The molecule has 1 amide bonds. The van der Waals surface area contributed by atoms with Crippen LogP contribution in [0.1, 0.15) is 0 Å². The van der Waals surface area contributed by atoms with E-state index in [2.05, 4.69) is 31.1 Å². The molecule has 8 heteroatoms. The fourth-order valence-corrected chi connectivity index (χ4v) is 4.08. The van der Waals surface area contributed by atoms with E-state index < -0.39 is 5.82 Å². The fourth-order valence-electron chi connectivity index (χ4n) is 2.78. The third kappa shape index (κ3) is 3.26. The van der Waals surface area contributed by atoms with Gasteiger partial charge in [-0.2, -0.15) is 0 Å². The van der Waals surface area contributed by atoms with Crippen molar-refractivity contribution in [3.8, 4) is 5.75 Å². The normalized spacial score (nSPS) is 14.3. The molecule has 0 spiro atoms. The molecule has 2 aromatic carbocycles. The van der Waals surface area contributed by atoms with Gasteiger partial charge in [0, 0.05) is 23.6 Å². The Balaban J connectivity index is 1.41. The Hall–Kier alpha value is -2.19. The van der Waals surface area contributed by atoms with Crippen molar-refractivity contribution in [1.29, 1.82) is 0 Å². The SMILES string of the molecule is COc1ccc2sc(N3CC(C(=O)Nc4ccc(Br)cc4F)C3)nc2c1. The molecule has 4 rings (SSSR count). The first-order chi connectivity index (χ1) is 12.5. The minimum absolute atomic E-state index is 0.176. The van der Waals surface area contributed by atoms with Crippen LogP contribution in [-0.2, 0) is 4.79 Å². The van der Waals surface area contributed by atoms with Crippen molar-refractivity contribution in [1.82, 2.24) is 4.98 Å². The Kier molecular flexibility index (Phi) is 4.54. The summed E-state index contributed by atoms with van der Waals surface area (Å²) < 4.78 is 20.8. The number of amides is 1. The highest BCUT2D eigenvalue weighted by Gasteiger charge is 2.34. The molecule has 134 valence electrons. The maximum Gasteiger partial charge on any atom is 0.231 e. The van der Waals surface area contributed by atoms with Crippen molar-refractivity contribution in [3.63, 3.8) is 0 Å². The van der Waals surface area contributed by atoms with Crippen LogP contribution >= 0.6 is 27.3 Å². The number of rotatable bonds is 4. The number of methoxy groups -OCH3 is 1. The maximum atomic E-state index is 13.8. The zero-order chi connectivity index (χ0) is 18.3. The molecule has 0 radical (unpaired) electrons. The molecule has 1 aliphatic heterocycles. The molecule has 2 heterocycles. The number of fused-ring (bicyclic) bond motifs is 1. The lowest BCUT2D eigenvalue weighted by Crippen LogP contribution is -2.52. The number of halogens is 2. The number of carbonyl (C=O) groups excluding carboxylic acids is 1. The number of anilines is 2. The molecule has 1 aliphatic rings. The largest absolute Gasteiger partial charge is 0.497 e. The lowest BCUT2D eigenvalue weighted by molar-refractivity contribution is -0.120. The number of nitrogens with one attached hydrogen (secondary N) is 1. The van der Waals surface area contributed by atoms with E-state index in [1.165, 1.54) is 6.07 Å². The van der Waals surface area contributed by atoms with Gasteiger partial charge in [-0.05, 0) is 30.3 Å². The molecule has 5 nitrogen and oxygen atoms in total. The molecule has 0 unspecified atom stereocenters. The zero-order valence-electron chi connectivity index (χ0n) is 13.8.